The number of rotatable bonds is 2. The molecule has 0 bridgehead atoms. The van der Waals surface area contributed by atoms with Crippen LogP contribution in [-0.4, -0.2) is 29.8 Å². The third-order valence-electron chi connectivity index (χ3n) is 3.39. The Balaban J connectivity index is 2.38. The third kappa shape index (κ3) is 2.53. The van der Waals surface area contributed by atoms with Gasteiger partial charge in [0.05, 0.1) is 0 Å². The summed E-state index contributed by atoms with van der Waals surface area (Å²) in [7, 11) is -3.46. The van der Waals surface area contributed by atoms with Crippen molar-refractivity contribution in [1.29, 1.82) is 0 Å². The summed E-state index contributed by atoms with van der Waals surface area (Å²) < 4.78 is 26.7. The minimum Gasteiger partial charge on any atom is -0.243 e. The van der Waals surface area contributed by atoms with Crippen molar-refractivity contribution in [1.82, 2.24) is 9.29 Å². The fourth-order valence-electron chi connectivity index (χ4n) is 2.51. The average molecular weight is 289 g/mol. The van der Waals surface area contributed by atoms with E-state index in [0.717, 1.165) is 19.3 Å². The SMILES string of the molecule is C[C@@H]1CCC[C@H](C)N1S(=O)(=O)c1ccc(Cl)nc1. The number of halogens is 1. The summed E-state index contributed by atoms with van der Waals surface area (Å²) in [5, 5.41) is 0.300. The van der Waals surface area contributed by atoms with Crippen molar-refractivity contribution in [3.63, 3.8) is 0 Å². The minimum atomic E-state index is -3.46. The van der Waals surface area contributed by atoms with E-state index in [-0.39, 0.29) is 17.0 Å². The highest BCUT2D eigenvalue weighted by Gasteiger charge is 2.35. The molecule has 0 aliphatic carbocycles. The summed E-state index contributed by atoms with van der Waals surface area (Å²) in [5.41, 5.74) is 0. The Kier molecular flexibility index (Phi) is 3.94. The Morgan fingerprint density at radius 3 is 2.39 bits per heavy atom. The normalized spacial score (nSPS) is 26.2. The third-order valence-corrected chi connectivity index (χ3v) is 5.72. The molecule has 4 nitrogen and oxygen atoms in total. The van der Waals surface area contributed by atoms with Crippen LogP contribution in [0.1, 0.15) is 33.1 Å². The molecule has 2 rings (SSSR count). The molecule has 1 fully saturated rings. The van der Waals surface area contributed by atoms with Gasteiger partial charge in [0.25, 0.3) is 0 Å². The van der Waals surface area contributed by atoms with Crippen LogP contribution in [0, 0.1) is 0 Å². The Labute approximate surface area is 113 Å². The number of hydrogen-bond acceptors (Lipinski definition) is 3. The van der Waals surface area contributed by atoms with Crippen LogP contribution in [0.3, 0.4) is 0 Å². The summed E-state index contributed by atoms with van der Waals surface area (Å²) >= 11 is 5.69. The van der Waals surface area contributed by atoms with Crippen LogP contribution >= 0.6 is 11.6 Å². The molecule has 1 aromatic rings. The van der Waals surface area contributed by atoms with Crippen LogP contribution in [0.5, 0.6) is 0 Å². The van der Waals surface area contributed by atoms with Gasteiger partial charge in [-0.25, -0.2) is 13.4 Å². The second-order valence-electron chi connectivity index (χ2n) is 4.78. The lowest BCUT2D eigenvalue weighted by molar-refractivity contribution is 0.204. The predicted molar refractivity (Wildman–Crippen MR) is 71.0 cm³/mol. The van der Waals surface area contributed by atoms with Gasteiger partial charge in [-0.1, -0.05) is 18.0 Å². The maximum absolute atomic E-state index is 12.6. The van der Waals surface area contributed by atoms with E-state index >= 15 is 0 Å². The van der Waals surface area contributed by atoms with E-state index in [9.17, 15) is 8.42 Å². The van der Waals surface area contributed by atoms with Crippen molar-refractivity contribution < 1.29 is 8.42 Å². The lowest BCUT2D eigenvalue weighted by Crippen LogP contribution is -2.47. The summed E-state index contributed by atoms with van der Waals surface area (Å²) in [4.78, 5) is 4.07. The van der Waals surface area contributed by atoms with Gasteiger partial charge in [0.2, 0.25) is 10.0 Å². The van der Waals surface area contributed by atoms with Gasteiger partial charge < -0.3 is 0 Å². The topological polar surface area (TPSA) is 50.3 Å². The zero-order chi connectivity index (χ0) is 13.3. The number of piperidine rings is 1. The predicted octanol–water partition coefficient (Wildman–Crippen LogP) is 2.69. The van der Waals surface area contributed by atoms with Gasteiger partial charge in [0, 0.05) is 18.3 Å². The fourth-order valence-corrected chi connectivity index (χ4v) is 4.45. The maximum atomic E-state index is 12.6. The average Bonchev–Trinajstić information content (AvgIpc) is 2.29. The molecular weight excluding hydrogens is 272 g/mol. The highest BCUT2D eigenvalue weighted by atomic mass is 35.5. The Hall–Kier alpha value is -0.650. The van der Waals surface area contributed by atoms with Crippen LogP contribution in [0.15, 0.2) is 23.2 Å². The Morgan fingerprint density at radius 2 is 1.89 bits per heavy atom. The molecule has 1 aromatic heterocycles. The molecule has 0 saturated carbocycles. The monoisotopic (exact) mass is 288 g/mol. The zero-order valence-electron chi connectivity index (χ0n) is 10.5. The molecule has 100 valence electrons. The smallest absolute Gasteiger partial charge is 0.243 e. The summed E-state index contributed by atoms with van der Waals surface area (Å²) in [6.45, 7) is 3.91. The van der Waals surface area contributed by atoms with E-state index in [0.29, 0.717) is 5.15 Å². The Bertz CT molecular complexity index is 505. The first-order valence-corrected chi connectivity index (χ1v) is 7.90. The second-order valence-corrected chi connectivity index (χ2v) is 7.01. The molecule has 0 unspecified atom stereocenters. The lowest BCUT2D eigenvalue weighted by atomic mass is 10.0. The Morgan fingerprint density at radius 1 is 1.28 bits per heavy atom. The van der Waals surface area contributed by atoms with Crippen molar-refractivity contribution in [2.45, 2.75) is 50.1 Å². The summed E-state index contributed by atoms with van der Waals surface area (Å²) in [6, 6.07) is 3.09. The van der Waals surface area contributed by atoms with Gasteiger partial charge in [-0.3, -0.25) is 0 Å². The molecule has 0 radical (unpaired) electrons. The van der Waals surface area contributed by atoms with Gasteiger partial charge in [-0.2, -0.15) is 4.31 Å². The van der Waals surface area contributed by atoms with Crippen LogP contribution in [0.2, 0.25) is 5.15 Å². The van der Waals surface area contributed by atoms with E-state index in [1.54, 1.807) is 4.31 Å². The fraction of sp³-hybridized carbons (Fsp3) is 0.583. The van der Waals surface area contributed by atoms with Crippen molar-refractivity contribution in [2.24, 2.45) is 0 Å². The zero-order valence-corrected chi connectivity index (χ0v) is 12.1. The van der Waals surface area contributed by atoms with Gasteiger partial charge in [-0.05, 0) is 38.8 Å². The molecule has 2 heterocycles. The van der Waals surface area contributed by atoms with Gasteiger partial charge in [0.1, 0.15) is 10.0 Å². The summed E-state index contributed by atoms with van der Waals surface area (Å²) in [6.07, 6.45) is 4.22. The van der Waals surface area contributed by atoms with Crippen molar-refractivity contribution >= 4 is 21.6 Å². The molecule has 0 spiro atoms. The quantitative estimate of drug-likeness (QED) is 0.786. The van der Waals surface area contributed by atoms with Crippen LogP contribution < -0.4 is 0 Å². The van der Waals surface area contributed by atoms with E-state index in [1.807, 2.05) is 13.8 Å². The molecular formula is C12H17ClN2O2S. The largest absolute Gasteiger partial charge is 0.245 e. The molecule has 1 saturated heterocycles. The maximum Gasteiger partial charge on any atom is 0.245 e. The van der Waals surface area contributed by atoms with Crippen LogP contribution in [-0.2, 0) is 10.0 Å². The van der Waals surface area contributed by atoms with Gasteiger partial charge >= 0.3 is 0 Å². The molecule has 0 amide bonds. The highest BCUT2D eigenvalue weighted by Crippen LogP contribution is 2.29. The van der Waals surface area contributed by atoms with E-state index < -0.39 is 10.0 Å². The first kappa shape index (κ1) is 13.8. The molecule has 0 aromatic carbocycles. The number of aromatic nitrogens is 1. The molecule has 2 atom stereocenters. The first-order valence-electron chi connectivity index (χ1n) is 6.08. The van der Waals surface area contributed by atoms with Crippen molar-refractivity contribution in [3.8, 4) is 0 Å². The van der Waals surface area contributed by atoms with E-state index in [2.05, 4.69) is 4.98 Å². The molecule has 6 heteroatoms. The summed E-state index contributed by atoms with van der Waals surface area (Å²) in [5.74, 6) is 0. The highest BCUT2D eigenvalue weighted by molar-refractivity contribution is 7.89. The van der Waals surface area contributed by atoms with E-state index in [1.165, 1.54) is 18.3 Å². The minimum absolute atomic E-state index is 0.0365. The van der Waals surface area contributed by atoms with Crippen LogP contribution in [0.4, 0.5) is 0 Å². The number of sulfonamides is 1. The van der Waals surface area contributed by atoms with E-state index in [4.69, 9.17) is 11.6 Å². The van der Waals surface area contributed by atoms with Crippen LogP contribution in [0.25, 0.3) is 0 Å². The van der Waals surface area contributed by atoms with Crippen molar-refractivity contribution in [2.75, 3.05) is 0 Å². The van der Waals surface area contributed by atoms with Gasteiger partial charge in [0.15, 0.2) is 0 Å². The molecule has 1 aliphatic rings. The second kappa shape index (κ2) is 5.15. The molecule has 18 heavy (non-hydrogen) atoms. The molecule has 0 N–H and O–H groups in total. The first-order chi connectivity index (χ1) is 8.43. The number of nitrogens with zero attached hydrogens (tertiary/aromatic N) is 2. The lowest BCUT2D eigenvalue weighted by Gasteiger charge is -2.37. The standard InChI is InChI=1S/C12H17ClN2O2S/c1-9-4-3-5-10(2)15(9)18(16,17)11-6-7-12(13)14-8-11/h6-10H,3-5H2,1-2H3/t9-,10+. The number of hydrogen-bond donors (Lipinski definition) is 0. The number of pyridine rings is 1. The molecule has 1 aliphatic heterocycles. The van der Waals surface area contributed by atoms with Gasteiger partial charge in [-0.15, -0.1) is 0 Å². The van der Waals surface area contributed by atoms with Crippen molar-refractivity contribution in [3.05, 3.63) is 23.5 Å².